The van der Waals surface area contributed by atoms with Crippen molar-refractivity contribution >= 4 is 27.6 Å². The first-order valence-corrected chi connectivity index (χ1v) is 4.92. The van der Waals surface area contributed by atoms with Crippen LogP contribution in [0.2, 0.25) is 0 Å². The first kappa shape index (κ1) is 13.1. The second kappa shape index (κ2) is 6.54. The number of esters is 1. The van der Waals surface area contributed by atoms with Crippen molar-refractivity contribution in [2.24, 2.45) is 10.9 Å². The second-order valence-corrected chi connectivity index (χ2v) is 3.97. The summed E-state index contributed by atoms with van der Waals surface area (Å²) >= 11 is 3.24. The van der Waals surface area contributed by atoms with Crippen molar-refractivity contribution in [2.45, 2.75) is 13.8 Å². The third kappa shape index (κ3) is 4.37. The molecule has 0 saturated carbocycles. The van der Waals surface area contributed by atoms with Gasteiger partial charge in [-0.1, -0.05) is 22.5 Å². The van der Waals surface area contributed by atoms with Crippen LogP contribution in [0.4, 0.5) is 0 Å². The van der Waals surface area contributed by atoms with Crippen LogP contribution in [0.3, 0.4) is 0 Å². The second-order valence-electron chi connectivity index (χ2n) is 2.72. The minimum absolute atomic E-state index is 0.315. The highest BCUT2D eigenvalue weighted by atomic mass is 79.9. The Hall–Kier alpha value is -0.900. The molecule has 14 heavy (non-hydrogen) atoms. The predicted octanol–water partition coefficient (Wildman–Crippen LogP) is 2.68. The molecule has 0 fully saturated rings. The third-order valence-electron chi connectivity index (χ3n) is 1.60. The number of ether oxygens (including phenoxy) is 1. The van der Waals surface area contributed by atoms with Gasteiger partial charge in [-0.2, -0.15) is 0 Å². The summed E-state index contributed by atoms with van der Waals surface area (Å²) in [5.74, 6) is -0.704. The maximum Gasteiger partial charge on any atom is 0.314 e. The molecule has 0 rings (SSSR count). The van der Waals surface area contributed by atoms with Crippen molar-refractivity contribution in [3.8, 4) is 0 Å². The van der Waals surface area contributed by atoms with Crippen LogP contribution in [0.25, 0.3) is 0 Å². The molecular formula is C10H14BrNO2. The van der Waals surface area contributed by atoms with E-state index in [-0.39, 0.29) is 11.9 Å². The zero-order valence-corrected chi connectivity index (χ0v) is 10.2. The Kier molecular flexibility index (Phi) is 6.12. The Bertz CT molecular complexity index is 278. The zero-order chi connectivity index (χ0) is 11.1. The topological polar surface area (TPSA) is 38.7 Å². The highest BCUT2D eigenvalue weighted by Gasteiger charge is 2.16. The number of hydrogen-bond acceptors (Lipinski definition) is 3. The molecule has 1 atom stereocenters. The highest BCUT2D eigenvalue weighted by Crippen LogP contribution is 2.06. The number of nitrogens with zero attached hydrogens (tertiary/aromatic N) is 1. The molecule has 0 aromatic heterocycles. The van der Waals surface area contributed by atoms with Crippen molar-refractivity contribution < 1.29 is 9.53 Å². The lowest BCUT2D eigenvalue weighted by atomic mass is 10.1. The summed E-state index contributed by atoms with van der Waals surface area (Å²) in [4.78, 5) is 15.3. The average molecular weight is 260 g/mol. The van der Waals surface area contributed by atoms with Crippen molar-refractivity contribution in [3.05, 3.63) is 23.3 Å². The summed E-state index contributed by atoms with van der Waals surface area (Å²) in [5, 5.41) is 0. The Labute approximate surface area is 92.7 Å². The summed E-state index contributed by atoms with van der Waals surface area (Å²) in [6.07, 6.45) is 3.17. The van der Waals surface area contributed by atoms with Crippen LogP contribution in [0.5, 0.6) is 0 Å². The Balaban J connectivity index is 4.72. The highest BCUT2D eigenvalue weighted by molar-refractivity contribution is 9.11. The number of methoxy groups -OCH3 is 1. The molecule has 78 valence electrons. The Morgan fingerprint density at radius 3 is 2.57 bits per heavy atom. The molecule has 3 nitrogen and oxygen atoms in total. The zero-order valence-electron chi connectivity index (χ0n) is 8.58. The summed E-state index contributed by atoms with van der Waals surface area (Å²) in [6, 6.07) is 0. The van der Waals surface area contributed by atoms with Gasteiger partial charge < -0.3 is 4.74 Å². The normalized spacial score (nSPS) is 14.9. The standard InChI is InChI=1S/C10H14BrNO2/c1-5-9(12-6-7(2)11)8(3)10(13)14-4/h5-6,8H,1H2,2-4H3/b7-6+,12-9+. The molecule has 4 heteroatoms. The van der Waals surface area contributed by atoms with E-state index in [1.807, 2.05) is 6.92 Å². The van der Waals surface area contributed by atoms with Crippen LogP contribution in [-0.2, 0) is 9.53 Å². The van der Waals surface area contributed by atoms with Gasteiger partial charge in [0.05, 0.1) is 18.7 Å². The SMILES string of the molecule is C=C/C(=N\C=C(/C)Br)C(C)C(=O)OC. The summed E-state index contributed by atoms with van der Waals surface area (Å²) < 4.78 is 5.48. The number of allylic oxidation sites excluding steroid dienone is 2. The van der Waals surface area contributed by atoms with E-state index in [0.717, 1.165) is 4.48 Å². The van der Waals surface area contributed by atoms with E-state index in [9.17, 15) is 4.79 Å². The summed E-state index contributed by atoms with van der Waals surface area (Å²) in [5.41, 5.74) is 0.593. The number of halogens is 1. The first-order chi connectivity index (χ1) is 6.52. The van der Waals surface area contributed by atoms with Crippen molar-refractivity contribution in [3.63, 3.8) is 0 Å². The van der Waals surface area contributed by atoms with Gasteiger partial charge in [0.15, 0.2) is 0 Å². The number of aliphatic imine (C=N–C) groups is 1. The fourth-order valence-corrected chi connectivity index (χ4v) is 0.905. The smallest absolute Gasteiger partial charge is 0.314 e. The van der Waals surface area contributed by atoms with Crippen LogP contribution in [0.1, 0.15) is 13.8 Å². The molecule has 0 heterocycles. The third-order valence-corrected chi connectivity index (χ3v) is 1.80. The number of rotatable bonds is 4. The van der Waals surface area contributed by atoms with Gasteiger partial charge >= 0.3 is 5.97 Å². The summed E-state index contributed by atoms with van der Waals surface area (Å²) in [6.45, 7) is 7.17. The lowest BCUT2D eigenvalue weighted by molar-refractivity contribution is -0.142. The maximum atomic E-state index is 11.2. The minimum atomic E-state index is -0.388. The average Bonchev–Trinajstić information content (AvgIpc) is 2.16. The fourth-order valence-electron chi connectivity index (χ4n) is 0.802. The van der Waals surface area contributed by atoms with Gasteiger partial charge in [0.1, 0.15) is 0 Å². The first-order valence-electron chi connectivity index (χ1n) is 4.13. The Morgan fingerprint density at radius 1 is 1.64 bits per heavy atom. The van der Waals surface area contributed by atoms with Gasteiger partial charge in [-0.25, -0.2) is 0 Å². The predicted molar refractivity (Wildman–Crippen MR) is 61.5 cm³/mol. The summed E-state index contributed by atoms with van der Waals surface area (Å²) in [7, 11) is 1.35. The van der Waals surface area contributed by atoms with Crippen molar-refractivity contribution in [1.29, 1.82) is 0 Å². The van der Waals surface area contributed by atoms with Crippen molar-refractivity contribution in [1.82, 2.24) is 0 Å². The quantitative estimate of drug-likeness (QED) is 0.575. The van der Waals surface area contributed by atoms with Crippen LogP contribution in [0.15, 0.2) is 28.3 Å². The van der Waals surface area contributed by atoms with Gasteiger partial charge in [0, 0.05) is 10.7 Å². The minimum Gasteiger partial charge on any atom is -0.469 e. The van der Waals surface area contributed by atoms with E-state index in [2.05, 4.69) is 32.2 Å². The van der Waals surface area contributed by atoms with E-state index in [1.54, 1.807) is 19.2 Å². The molecular weight excluding hydrogens is 246 g/mol. The lowest BCUT2D eigenvalue weighted by Gasteiger charge is -2.07. The molecule has 0 bridgehead atoms. The van der Waals surface area contributed by atoms with E-state index in [1.165, 1.54) is 7.11 Å². The van der Waals surface area contributed by atoms with E-state index >= 15 is 0 Å². The fraction of sp³-hybridized carbons (Fsp3) is 0.400. The molecule has 0 aliphatic carbocycles. The van der Waals surface area contributed by atoms with Gasteiger partial charge in [-0.15, -0.1) is 0 Å². The van der Waals surface area contributed by atoms with Crippen LogP contribution < -0.4 is 0 Å². The Morgan fingerprint density at radius 2 is 2.21 bits per heavy atom. The van der Waals surface area contributed by atoms with Gasteiger partial charge in [0.2, 0.25) is 0 Å². The molecule has 0 spiro atoms. The monoisotopic (exact) mass is 259 g/mol. The van der Waals surface area contributed by atoms with E-state index in [4.69, 9.17) is 0 Å². The van der Waals surface area contributed by atoms with Crippen molar-refractivity contribution in [2.75, 3.05) is 7.11 Å². The van der Waals surface area contributed by atoms with E-state index < -0.39 is 0 Å². The molecule has 0 aliphatic rings. The molecule has 0 radical (unpaired) electrons. The lowest BCUT2D eigenvalue weighted by Crippen LogP contribution is -2.20. The molecule has 0 aliphatic heterocycles. The largest absolute Gasteiger partial charge is 0.469 e. The van der Waals surface area contributed by atoms with E-state index in [0.29, 0.717) is 5.71 Å². The molecule has 0 aromatic carbocycles. The van der Waals surface area contributed by atoms with Crippen LogP contribution in [-0.4, -0.2) is 18.8 Å². The molecule has 0 amide bonds. The van der Waals surface area contributed by atoms with Crippen LogP contribution >= 0.6 is 15.9 Å². The molecule has 0 saturated heterocycles. The van der Waals surface area contributed by atoms with Gasteiger partial charge in [0.25, 0.3) is 0 Å². The number of carbonyl (C=O) groups is 1. The molecule has 0 N–H and O–H groups in total. The van der Waals surface area contributed by atoms with Gasteiger partial charge in [-0.05, 0) is 19.9 Å². The molecule has 0 aromatic rings. The van der Waals surface area contributed by atoms with Gasteiger partial charge in [-0.3, -0.25) is 9.79 Å². The van der Waals surface area contributed by atoms with Crippen LogP contribution in [0, 0.1) is 5.92 Å². The number of carbonyl (C=O) groups excluding carboxylic acids is 1. The molecule has 1 unspecified atom stereocenters. The maximum absolute atomic E-state index is 11.2. The number of hydrogen-bond donors (Lipinski definition) is 0.